The van der Waals surface area contributed by atoms with E-state index in [4.69, 9.17) is 4.74 Å². The Morgan fingerprint density at radius 3 is 2.49 bits per heavy atom. The molecule has 0 atom stereocenters. The molecule has 0 aliphatic carbocycles. The Labute approximate surface area is 295 Å². The summed E-state index contributed by atoms with van der Waals surface area (Å²) in [4.78, 5) is 39.0. The van der Waals surface area contributed by atoms with E-state index in [1.54, 1.807) is 28.0 Å². The van der Waals surface area contributed by atoms with Gasteiger partial charge in [0.1, 0.15) is 17.4 Å². The van der Waals surface area contributed by atoms with Crippen molar-refractivity contribution >= 4 is 61.7 Å². The van der Waals surface area contributed by atoms with Crippen LogP contribution in [0.2, 0.25) is 0 Å². The highest BCUT2D eigenvalue weighted by atomic mass is 32.2. The van der Waals surface area contributed by atoms with Crippen molar-refractivity contribution in [1.29, 1.82) is 0 Å². The quantitative estimate of drug-likeness (QED) is 0.157. The number of likely N-dealkylation sites (N-methyl/N-ethyl adjacent to an activating group) is 1. The molecule has 2 aromatic heterocycles. The van der Waals surface area contributed by atoms with Gasteiger partial charge < -0.3 is 30.5 Å². The molecule has 15 heteroatoms. The number of carbonyl (C=O) groups excluding carboxylic acids is 2. The van der Waals surface area contributed by atoms with Crippen LogP contribution < -0.4 is 25.6 Å². The SMILES string of the molecule is CCCNC(=O)c1c(F)cccc1Nc1nc(Nc2cc3c(cc2OC)CCN3C(=O)CN(C)C)nc2c1ccn2S(=O)(=O)c1ccc(C)cc1. The Morgan fingerprint density at radius 1 is 1.02 bits per heavy atom. The molecule has 3 N–H and O–H groups in total. The fourth-order valence-corrected chi connectivity index (χ4v) is 7.19. The van der Waals surface area contributed by atoms with Crippen LogP contribution in [0.1, 0.15) is 34.8 Å². The first kappa shape index (κ1) is 35.3. The number of nitrogens with one attached hydrogen (secondary N) is 3. The molecule has 5 aromatic rings. The summed E-state index contributed by atoms with van der Waals surface area (Å²) in [6.45, 7) is 4.83. The average molecular weight is 715 g/mol. The molecule has 6 rings (SSSR count). The number of carbonyl (C=O) groups is 2. The third-order valence-corrected chi connectivity index (χ3v) is 10.1. The lowest BCUT2D eigenvalue weighted by molar-refractivity contribution is -0.119. The van der Waals surface area contributed by atoms with Gasteiger partial charge in [-0.1, -0.05) is 30.7 Å². The standard InChI is InChI=1S/C36H39FN8O5S/c1-6-16-38-35(47)32-26(37)8-7-9-27(32)39-33-25-15-18-45(51(48,49)24-12-10-22(2)11-13-24)34(25)42-36(41-33)40-28-20-29-23(19-30(28)50-5)14-17-44(29)31(46)21-43(3)4/h7-13,15,18-20H,6,14,16-17,21H2,1-5H3,(H,38,47)(H2,39,40,41,42). The van der Waals surface area contributed by atoms with Crippen molar-refractivity contribution in [2.75, 3.05) is 56.4 Å². The third kappa shape index (κ3) is 7.07. The number of rotatable bonds is 12. The van der Waals surface area contributed by atoms with Gasteiger partial charge in [0.15, 0.2) is 5.65 Å². The van der Waals surface area contributed by atoms with Crippen molar-refractivity contribution in [2.24, 2.45) is 0 Å². The minimum Gasteiger partial charge on any atom is -0.495 e. The summed E-state index contributed by atoms with van der Waals surface area (Å²) in [6, 6.07) is 15.8. The topological polar surface area (TPSA) is 151 Å². The van der Waals surface area contributed by atoms with Crippen LogP contribution in [0.5, 0.6) is 5.75 Å². The zero-order valence-corrected chi connectivity index (χ0v) is 29.8. The van der Waals surface area contributed by atoms with E-state index in [9.17, 15) is 18.0 Å². The summed E-state index contributed by atoms with van der Waals surface area (Å²) < 4.78 is 49.8. The molecule has 0 saturated carbocycles. The first-order valence-electron chi connectivity index (χ1n) is 16.4. The van der Waals surface area contributed by atoms with Gasteiger partial charge in [0.05, 0.1) is 40.9 Å². The van der Waals surface area contributed by atoms with Crippen LogP contribution in [0.25, 0.3) is 11.0 Å². The van der Waals surface area contributed by atoms with Gasteiger partial charge in [0, 0.05) is 25.0 Å². The number of amides is 2. The number of aryl methyl sites for hydroxylation is 1. The van der Waals surface area contributed by atoms with Crippen LogP contribution >= 0.6 is 0 Å². The molecule has 1 aliphatic rings. The number of hydrogen-bond donors (Lipinski definition) is 3. The van der Waals surface area contributed by atoms with Gasteiger partial charge in [-0.05, 0) is 81.9 Å². The lowest BCUT2D eigenvalue weighted by Gasteiger charge is -2.21. The second-order valence-electron chi connectivity index (χ2n) is 12.4. The summed E-state index contributed by atoms with van der Waals surface area (Å²) >= 11 is 0. The van der Waals surface area contributed by atoms with Crippen molar-refractivity contribution in [3.63, 3.8) is 0 Å². The number of nitrogens with zero attached hydrogens (tertiary/aromatic N) is 5. The van der Waals surface area contributed by atoms with Crippen LogP contribution in [0.4, 0.5) is 33.2 Å². The van der Waals surface area contributed by atoms with E-state index in [0.29, 0.717) is 48.4 Å². The van der Waals surface area contributed by atoms with E-state index >= 15 is 4.39 Å². The maximum atomic E-state index is 15.2. The predicted molar refractivity (Wildman–Crippen MR) is 194 cm³/mol. The third-order valence-electron chi connectivity index (χ3n) is 8.41. The zero-order valence-electron chi connectivity index (χ0n) is 28.9. The minimum atomic E-state index is -4.13. The van der Waals surface area contributed by atoms with Gasteiger partial charge in [0.25, 0.3) is 15.9 Å². The number of aromatic nitrogens is 3. The fourth-order valence-electron chi connectivity index (χ4n) is 5.89. The maximum Gasteiger partial charge on any atom is 0.269 e. The van der Waals surface area contributed by atoms with Gasteiger partial charge in [-0.3, -0.25) is 9.59 Å². The molecule has 51 heavy (non-hydrogen) atoms. The molecule has 0 radical (unpaired) electrons. The predicted octanol–water partition coefficient (Wildman–Crippen LogP) is 5.20. The van der Waals surface area contributed by atoms with Crippen LogP contribution in [0.15, 0.2) is 71.8 Å². The number of fused-ring (bicyclic) bond motifs is 2. The van der Waals surface area contributed by atoms with Crippen molar-refractivity contribution in [3.8, 4) is 5.75 Å². The normalized spacial score (nSPS) is 12.6. The highest BCUT2D eigenvalue weighted by molar-refractivity contribution is 7.90. The van der Waals surface area contributed by atoms with E-state index in [0.717, 1.165) is 15.1 Å². The van der Waals surface area contributed by atoms with Crippen molar-refractivity contribution in [2.45, 2.75) is 31.6 Å². The van der Waals surface area contributed by atoms with Crippen LogP contribution in [0, 0.1) is 12.7 Å². The molecule has 1 aliphatic heterocycles. The van der Waals surface area contributed by atoms with Gasteiger partial charge in [0.2, 0.25) is 11.9 Å². The summed E-state index contributed by atoms with van der Waals surface area (Å²) in [5.41, 5.74) is 2.88. The second-order valence-corrected chi connectivity index (χ2v) is 14.3. The highest BCUT2D eigenvalue weighted by Gasteiger charge is 2.28. The van der Waals surface area contributed by atoms with Gasteiger partial charge in [-0.2, -0.15) is 9.97 Å². The molecule has 0 spiro atoms. The van der Waals surface area contributed by atoms with E-state index in [1.165, 1.54) is 49.7 Å². The maximum absolute atomic E-state index is 15.2. The summed E-state index contributed by atoms with van der Waals surface area (Å²) in [5, 5.41) is 9.24. The Kier molecular flexibility index (Phi) is 9.94. The van der Waals surface area contributed by atoms with Crippen molar-refractivity contribution in [3.05, 3.63) is 89.4 Å². The first-order valence-corrected chi connectivity index (χ1v) is 17.8. The monoisotopic (exact) mass is 714 g/mol. The highest BCUT2D eigenvalue weighted by Crippen LogP contribution is 2.39. The average Bonchev–Trinajstić information content (AvgIpc) is 3.72. The molecule has 3 heterocycles. The lowest BCUT2D eigenvalue weighted by Crippen LogP contribution is -2.36. The molecule has 0 bridgehead atoms. The van der Waals surface area contributed by atoms with E-state index in [2.05, 4.69) is 25.9 Å². The van der Waals surface area contributed by atoms with E-state index in [-0.39, 0.29) is 46.0 Å². The minimum absolute atomic E-state index is 0.0203. The summed E-state index contributed by atoms with van der Waals surface area (Å²) in [7, 11) is 1.04. The molecular weight excluding hydrogens is 676 g/mol. The number of hydrogen-bond acceptors (Lipinski definition) is 10. The van der Waals surface area contributed by atoms with E-state index < -0.39 is 21.7 Å². The number of benzene rings is 3. The Morgan fingerprint density at radius 2 is 1.78 bits per heavy atom. The van der Waals surface area contributed by atoms with Gasteiger partial charge in [-0.25, -0.2) is 16.8 Å². The van der Waals surface area contributed by atoms with Crippen LogP contribution in [0.3, 0.4) is 0 Å². The fraction of sp³-hybridized carbons (Fsp3) is 0.278. The Balaban J connectivity index is 1.49. The van der Waals surface area contributed by atoms with Crippen LogP contribution in [-0.4, -0.2) is 79.9 Å². The van der Waals surface area contributed by atoms with Crippen molar-refractivity contribution in [1.82, 2.24) is 24.2 Å². The molecule has 2 amide bonds. The molecule has 0 saturated heterocycles. The Hall–Kier alpha value is -5.54. The number of halogens is 1. The molecule has 0 unspecified atom stereocenters. The molecular formula is C36H39FN8O5S. The second kappa shape index (κ2) is 14.4. The van der Waals surface area contributed by atoms with Crippen molar-refractivity contribution < 1.29 is 27.1 Å². The molecule has 0 fully saturated rings. The molecule has 266 valence electrons. The lowest BCUT2D eigenvalue weighted by atomic mass is 10.1. The summed E-state index contributed by atoms with van der Waals surface area (Å²) in [5.74, 6) is -0.883. The van der Waals surface area contributed by atoms with E-state index in [1.807, 2.05) is 34.0 Å². The first-order chi connectivity index (χ1) is 24.4. The molecule has 3 aromatic carbocycles. The number of ether oxygens (including phenoxy) is 1. The summed E-state index contributed by atoms with van der Waals surface area (Å²) in [6.07, 6.45) is 2.67. The smallest absolute Gasteiger partial charge is 0.269 e. The van der Waals surface area contributed by atoms with Gasteiger partial charge in [-0.15, -0.1) is 0 Å². The Bertz CT molecular complexity index is 2240. The van der Waals surface area contributed by atoms with Crippen LogP contribution in [-0.2, 0) is 21.2 Å². The molecule has 13 nitrogen and oxygen atoms in total. The number of methoxy groups -OCH3 is 1. The largest absolute Gasteiger partial charge is 0.495 e. The zero-order chi connectivity index (χ0) is 36.4. The number of anilines is 5. The van der Waals surface area contributed by atoms with Gasteiger partial charge >= 0.3 is 0 Å².